The molecule has 0 spiro atoms. The van der Waals surface area contributed by atoms with E-state index in [9.17, 15) is 15.2 Å². The SMILES string of the molecule is C.CC(C)(C)C(C#N)c1c(F)c(F)c(C(=O)[O-])c(C2=C3C=CC(=[N+]4CCC4)C=C3[Si](C)(C)c3cc(N4CCC4)ccc32)c1F.O=C=O. The number of anilines is 1. The highest BCUT2D eigenvalue weighted by atomic mass is 28.3. The van der Waals surface area contributed by atoms with Crippen molar-refractivity contribution < 1.29 is 37.2 Å². The number of carbonyl (C=O) groups is 1. The predicted molar refractivity (Wildman–Crippen MR) is 173 cm³/mol. The van der Waals surface area contributed by atoms with Crippen LogP contribution in [-0.2, 0) is 9.59 Å². The summed E-state index contributed by atoms with van der Waals surface area (Å²) >= 11 is 0. The van der Waals surface area contributed by atoms with E-state index in [-0.39, 0.29) is 19.2 Å². The average molecular weight is 662 g/mol. The third-order valence-electron chi connectivity index (χ3n) is 9.43. The van der Waals surface area contributed by atoms with Crippen LogP contribution in [0.2, 0.25) is 13.1 Å². The topological polar surface area (TPSA) is 104 Å². The lowest BCUT2D eigenvalue weighted by molar-refractivity contribution is -0.582. The molecule has 0 radical (unpaired) electrons. The summed E-state index contributed by atoms with van der Waals surface area (Å²) in [6.45, 7) is 13.0. The lowest BCUT2D eigenvalue weighted by Crippen LogP contribution is -2.50. The van der Waals surface area contributed by atoms with Crippen molar-refractivity contribution in [2.75, 3.05) is 31.1 Å². The molecule has 11 heteroatoms. The van der Waals surface area contributed by atoms with Crippen LogP contribution in [0.15, 0.2) is 47.2 Å². The van der Waals surface area contributed by atoms with E-state index in [2.05, 4.69) is 34.7 Å². The maximum absolute atomic E-state index is 16.9. The maximum Gasteiger partial charge on any atom is 0.373 e. The van der Waals surface area contributed by atoms with E-state index in [0.29, 0.717) is 11.1 Å². The van der Waals surface area contributed by atoms with Gasteiger partial charge in [0, 0.05) is 47.6 Å². The Morgan fingerprint density at radius 1 is 1.04 bits per heavy atom. The smallest absolute Gasteiger partial charge is 0.373 e. The van der Waals surface area contributed by atoms with E-state index in [0.717, 1.165) is 60.8 Å². The molecule has 0 saturated carbocycles. The fourth-order valence-corrected chi connectivity index (χ4v) is 9.76. The van der Waals surface area contributed by atoms with Crippen molar-refractivity contribution in [1.82, 2.24) is 0 Å². The Hall–Kier alpha value is -4.52. The number of carbonyl (C=O) groups excluding carboxylic acids is 3. The minimum absolute atomic E-state index is 0. The Balaban J connectivity index is 0.00000120. The molecule has 0 N–H and O–H groups in total. The van der Waals surface area contributed by atoms with E-state index >= 15 is 13.2 Å². The highest BCUT2D eigenvalue weighted by Gasteiger charge is 2.44. The Bertz CT molecular complexity index is 1860. The number of rotatable bonds is 4. The highest BCUT2D eigenvalue weighted by Crippen LogP contribution is 2.47. The Morgan fingerprint density at radius 3 is 2.17 bits per heavy atom. The Labute approximate surface area is 274 Å². The van der Waals surface area contributed by atoms with Crippen molar-refractivity contribution in [3.05, 3.63) is 86.9 Å². The molecule has 1 aliphatic carbocycles. The Kier molecular flexibility index (Phi) is 9.73. The number of fused-ring (bicyclic) bond motifs is 2. The molecule has 0 aromatic heterocycles. The van der Waals surface area contributed by atoms with Gasteiger partial charge in [0.15, 0.2) is 17.3 Å². The lowest BCUT2D eigenvalue weighted by atomic mass is 9.75. The third-order valence-corrected chi connectivity index (χ3v) is 12.9. The summed E-state index contributed by atoms with van der Waals surface area (Å²) in [5.41, 5.74) is -0.0597. The summed E-state index contributed by atoms with van der Waals surface area (Å²) in [7, 11) is -2.48. The number of nitriles is 1. The molecule has 246 valence electrons. The van der Waals surface area contributed by atoms with Crippen molar-refractivity contribution in [3.8, 4) is 6.07 Å². The summed E-state index contributed by atoms with van der Waals surface area (Å²) in [5.74, 6) is -8.04. The zero-order valence-electron chi connectivity index (χ0n) is 26.4. The third kappa shape index (κ3) is 5.81. The largest absolute Gasteiger partial charge is 0.545 e. The van der Waals surface area contributed by atoms with E-state index in [1.807, 2.05) is 30.4 Å². The quantitative estimate of drug-likeness (QED) is 0.260. The van der Waals surface area contributed by atoms with Gasteiger partial charge in [-0.3, -0.25) is 0 Å². The molecule has 0 amide bonds. The van der Waals surface area contributed by atoms with E-state index < -0.39 is 59.5 Å². The van der Waals surface area contributed by atoms with Crippen LogP contribution >= 0.6 is 0 Å². The zero-order chi connectivity index (χ0) is 33.7. The average Bonchev–Trinajstić information content (AvgIpc) is 2.92. The van der Waals surface area contributed by atoms with Gasteiger partial charge >= 0.3 is 6.15 Å². The molecule has 6 rings (SSSR count). The molecule has 1 unspecified atom stereocenters. The number of halogens is 3. The summed E-state index contributed by atoms with van der Waals surface area (Å²) in [4.78, 5) is 31.0. The minimum atomic E-state index is -2.48. The molecule has 0 bridgehead atoms. The number of carboxylic acids is 1. The van der Waals surface area contributed by atoms with Crippen molar-refractivity contribution in [2.45, 2.75) is 60.1 Å². The summed E-state index contributed by atoms with van der Waals surface area (Å²) in [5, 5.41) is 24.4. The van der Waals surface area contributed by atoms with Crippen LogP contribution in [0.1, 0.15) is 74.0 Å². The number of carboxylic acid groups (broad SMARTS) is 1. The highest BCUT2D eigenvalue weighted by molar-refractivity contribution is 6.98. The molecule has 2 aromatic carbocycles. The first-order valence-electron chi connectivity index (χ1n) is 15.2. The molecule has 2 aromatic rings. The normalized spacial score (nSPS) is 18.1. The van der Waals surface area contributed by atoms with Gasteiger partial charge in [-0.1, -0.05) is 47.4 Å². The van der Waals surface area contributed by atoms with Crippen LogP contribution in [0, 0.1) is 34.2 Å². The maximum atomic E-state index is 16.9. The van der Waals surface area contributed by atoms with Gasteiger partial charge in [0.1, 0.15) is 27.0 Å². The first kappa shape index (κ1) is 35.3. The summed E-state index contributed by atoms with van der Waals surface area (Å²) in [6.07, 6.45) is 8.30. The first-order valence-corrected chi connectivity index (χ1v) is 18.2. The molecule has 3 aliphatic heterocycles. The second kappa shape index (κ2) is 12.9. The monoisotopic (exact) mass is 661 g/mol. The zero-order valence-corrected chi connectivity index (χ0v) is 27.4. The molecule has 3 heterocycles. The molecule has 47 heavy (non-hydrogen) atoms. The lowest BCUT2D eigenvalue weighted by Gasteiger charge is -2.40. The number of hydrogen-bond acceptors (Lipinski definition) is 6. The molecule has 2 saturated heterocycles. The minimum Gasteiger partial charge on any atom is -0.545 e. The van der Waals surface area contributed by atoms with Crippen LogP contribution < -0.4 is 15.2 Å². The molecule has 4 aliphatic rings. The van der Waals surface area contributed by atoms with Crippen molar-refractivity contribution in [1.29, 1.82) is 5.26 Å². The van der Waals surface area contributed by atoms with Gasteiger partial charge in [0.2, 0.25) is 0 Å². The van der Waals surface area contributed by atoms with Crippen LogP contribution in [-0.4, -0.2) is 56.7 Å². The number of allylic oxidation sites excluding steroid dienone is 5. The number of nitrogens with zero attached hydrogens (tertiary/aromatic N) is 3. The van der Waals surface area contributed by atoms with Crippen LogP contribution in [0.25, 0.3) is 5.57 Å². The van der Waals surface area contributed by atoms with Crippen molar-refractivity contribution >= 4 is 42.4 Å². The molecular weight excluding hydrogens is 623 g/mol. The fraction of sp³-hybridized carbons (Fsp3) is 0.389. The van der Waals surface area contributed by atoms with Gasteiger partial charge in [0.05, 0.1) is 24.4 Å². The molecule has 2 fully saturated rings. The summed E-state index contributed by atoms with van der Waals surface area (Å²) in [6, 6.07) is 7.82. The molecular formula is C36H38F3N3O4Si. The van der Waals surface area contributed by atoms with Gasteiger partial charge in [-0.15, -0.1) is 0 Å². The Morgan fingerprint density at radius 2 is 1.68 bits per heavy atom. The van der Waals surface area contributed by atoms with Crippen LogP contribution in [0.3, 0.4) is 0 Å². The predicted octanol–water partition coefficient (Wildman–Crippen LogP) is 5.01. The summed E-state index contributed by atoms with van der Waals surface area (Å²) < 4.78 is 50.7. The number of benzene rings is 2. The second-order valence-corrected chi connectivity index (χ2v) is 17.9. The van der Waals surface area contributed by atoms with E-state index in [4.69, 9.17) is 9.59 Å². The number of hydrogen-bond donors (Lipinski definition) is 0. The van der Waals surface area contributed by atoms with Gasteiger partial charge in [-0.05, 0) is 57.1 Å². The standard InChI is InChI=1S/C34H34F3N3O2Si.CO2.CH4/c1-34(2,3)23(18-38)27-30(35)28(29(33(41)42)32(37)31(27)36)26-21-10-8-19(39-12-6-13-39)16-24(21)43(4,5)25-17-20(9-11-22(25)26)40-14-7-15-40;2-1-3;/h8-11,16-17,23H,6-7,12-15H2,1-5H3;;1H4. The second-order valence-electron chi connectivity index (χ2n) is 13.5. The molecule has 7 nitrogen and oxygen atoms in total. The van der Waals surface area contributed by atoms with Crippen molar-refractivity contribution in [2.24, 2.45) is 5.41 Å². The van der Waals surface area contributed by atoms with Crippen LogP contribution in [0.5, 0.6) is 0 Å². The van der Waals surface area contributed by atoms with Gasteiger partial charge in [-0.25, -0.2) is 17.7 Å². The molecule has 1 atom stereocenters. The first-order chi connectivity index (χ1) is 21.7. The number of aromatic carboxylic acids is 1. The fourth-order valence-electron chi connectivity index (χ4n) is 6.69. The van der Waals surface area contributed by atoms with Gasteiger partial charge in [0.25, 0.3) is 0 Å². The van der Waals surface area contributed by atoms with E-state index in [1.54, 1.807) is 20.8 Å². The van der Waals surface area contributed by atoms with E-state index in [1.165, 1.54) is 0 Å². The van der Waals surface area contributed by atoms with Crippen molar-refractivity contribution in [3.63, 3.8) is 0 Å². The van der Waals surface area contributed by atoms with Crippen LogP contribution in [0.4, 0.5) is 18.9 Å². The van der Waals surface area contributed by atoms with Gasteiger partial charge in [-0.2, -0.15) is 14.9 Å². The van der Waals surface area contributed by atoms with Gasteiger partial charge < -0.3 is 14.8 Å².